The van der Waals surface area contributed by atoms with Crippen molar-refractivity contribution in [3.8, 4) is 0 Å². The summed E-state index contributed by atoms with van der Waals surface area (Å²) in [5.74, 6) is 0. The van der Waals surface area contributed by atoms with E-state index < -0.39 is 0 Å². The summed E-state index contributed by atoms with van der Waals surface area (Å²) in [7, 11) is 4.18. The highest BCUT2D eigenvalue weighted by molar-refractivity contribution is 5.79. The predicted octanol–water partition coefficient (Wildman–Crippen LogP) is 1.67. The van der Waals surface area contributed by atoms with Crippen molar-refractivity contribution in [3.05, 3.63) is 30.1 Å². The largest absolute Gasteiger partial charge is 0.346 e. The van der Waals surface area contributed by atoms with Gasteiger partial charge in [0.1, 0.15) is 5.65 Å². The molecule has 2 heterocycles. The first-order chi connectivity index (χ1) is 6.77. The summed E-state index contributed by atoms with van der Waals surface area (Å²) in [6.45, 7) is 1.07. The van der Waals surface area contributed by atoms with Gasteiger partial charge in [-0.15, -0.1) is 0 Å². The first-order valence-corrected chi connectivity index (χ1v) is 4.83. The Labute approximate surface area is 83.8 Å². The Balaban J connectivity index is 2.25. The molecule has 14 heavy (non-hydrogen) atoms. The Kier molecular flexibility index (Phi) is 2.50. The second kappa shape index (κ2) is 3.80. The molecule has 0 radical (unpaired) electrons. The molecule has 0 unspecified atom stereocenters. The van der Waals surface area contributed by atoms with E-state index in [2.05, 4.69) is 41.2 Å². The molecule has 0 atom stereocenters. The Hall–Kier alpha value is -1.35. The van der Waals surface area contributed by atoms with Crippen LogP contribution in [0.2, 0.25) is 0 Å². The van der Waals surface area contributed by atoms with E-state index in [-0.39, 0.29) is 0 Å². The van der Waals surface area contributed by atoms with Crippen LogP contribution in [-0.2, 0) is 6.42 Å². The van der Waals surface area contributed by atoms with Crippen molar-refractivity contribution in [1.82, 2.24) is 14.9 Å². The van der Waals surface area contributed by atoms with Gasteiger partial charge in [0.15, 0.2) is 0 Å². The molecule has 2 aromatic heterocycles. The monoisotopic (exact) mass is 189 g/mol. The lowest BCUT2D eigenvalue weighted by atomic mass is 10.1. The molecule has 3 heteroatoms. The molecule has 0 aromatic carbocycles. The lowest BCUT2D eigenvalue weighted by Crippen LogP contribution is -2.14. The molecule has 0 saturated carbocycles. The van der Waals surface area contributed by atoms with Crippen LogP contribution in [-0.4, -0.2) is 35.5 Å². The quantitative estimate of drug-likeness (QED) is 0.796. The number of rotatable bonds is 3. The van der Waals surface area contributed by atoms with Gasteiger partial charge in [0.2, 0.25) is 0 Å². The number of H-pyrrole nitrogens is 1. The minimum absolute atomic E-state index is 0.987. The number of fused-ring (bicyclic) bond motifs is 1. The van der Waals surface area contributed by atoms with Crippen LogP contribution in [0.15, 0.2) is 24.5 Å². The maximum Gasteiger partial charge on any atom is 0.137 e. The van der Waals surface area contributed by atoms with Crippen LogP contribution >= 0.6 is 0 Å². The number of nitrogens with zero attached hydrogens (tertiary/aromatic N) is 2. The van der Waals surface area contributed by atoms with Crippen molar-refractivity contribution in [2.24, 2.45) is 0 Å². The minimum atomic E-state index is 0.987. The highest BCUT2D eigenvalue weighted by Crippen LogP contribution is 2.15. The fraction of sp³-hybridized carbons (Fsp3) is 0.364. The summed E-state index contributed by atoms with van der Waals surface area (Å²) in [5, 5.41) is 1.24. The average Bonchev–Trinajstić information content (AvgIpc) is 2.58. The summed E-state index contributed by atoms with van der Waals surface area (Å²) < 4.78 is 0. The second-order valence-electron chi connectivity index (χ2n) is 3.77. The molecule has 0 fully saturated rings. The van der Waals surface area contributed by atoms with Crippen molar-refractivity contribution in [2.75, 3.05) is 20.6 Å². The number of likely N-dealkylation sites (N-methyl/N-ethyl adjacent to an activating group) is 1. The van der Waals surface area contributed by atoms with Gasteiger partial charge in [-0.3, -0.25) is 0 Å². The Morgan fingerprint density at radius 3 is 3.07 bits per heavy atom. The van der Waals surface area contributed by atoms with E-state index in [0.717, 1.165) is 18.6 Å². The fourth-order valence-electron chi connectivity index (χ4n) is 1.56. The van der Waals surface area contributed by atoms with Crippen molar-refractivity contribution < 1.29 is 0 Å². The molecular formula is C11H15N3. The molecule has 0 spiro atoms. The number of aromatic nitrogens is 2. The van der Waals surface area contributed by atoms with Gasteiger partial charge < -0.3 is 9.88 Å². The smallest absolute Gasteiger partial charge is 0.137 e. The highest BCUT2D eigenvalue weighted by Gasteiger charge is 2.03. The van der Waals surface area contributed by atoms with Gasteiger partial charge in [0.05, 0.1) is 0 Å². The van der Waals surface area contributed by atoms with Crippen LogP contribution in [0.4, 0.5) is 0 Å². The summed E-state index contributed by atoms with van der Waals surface area (Å²) >= 11 is 0. The van der Waals surface area contributed by atoms with Gasteiger partial charge in [0.25, 0.3) is 0 Å². The van der Waals surface area contributed by atoms with Gasteiger partial charge in [-0.2, -0.15) is 0 Å². The van der Waals surface area contributed by atoms with E-state index in [0.29, 0.717) is 0 Å². The molecule has 1 N–H and O–H groups in total. The van der Waals surface area contributed by atoms with Crippen molar-refractivity contribution in [2.45, 2.75) is 6.42 Å². The van der Waals surface area contributed by atoms with Gasteiger partial charge in [-0.1, -0.05) is 0 Å². The summed E-state index contributed by atoms with van der Waals surface area (Å²) in [4.78, 5) is 9.63. The standard InChI is InChI=1S/C11H15N3/c1-14(2)7-5-9-8-13-11-10(9)4-3-6-12-11/h3-4,6,8H,5,7H2,1-2H3,(H,12,13). The van der Waals surface area contributed by atoms with E-state index in [1.54, 1.807) is 0 Å². The molecule has 0 bridgehead atoms. The number of hydrogen-bond donors (Lipinski definition) is 1. The molecule has 0 aliphatic carbocycles. The Morgan fingerprint density at radius 1 is 1.43 bits per heavy atom. The summed E-state index contributed by atoms with van der Waals surface area (Å²) in [6, 6.07) is 4.10. The van der Waals surface area contributed by atoms with E-state index in [1.165, 1.54) is 10.9 Å². The normalized spacial score (nSPS) is 11.4. The molecule has 0 amide bonds. The number of nitrogens with one attached hydrogen (secondary N) is 1. The first-order valence-electron chi connectivity index (χ1n) is 4.83. The minimum Gasteiger partial charge on any atom is -0.346 e. The van der Waals surface area contributed by atoms with Crippen molar-refractivity contribution >= 4 is 11.0 Å². The molecule has 74 valence electrons. The SMILES string of the molecule is CN(C)CCc1c[nH]c2ncccc12. The molecular weight excluding hydrogens is 174 g/mol. The van der Waals surface area contributed by atoms with Crippen LogP contribution < -0.4 is 0 Å². The third kappa shape index (κ3) is 1.77. The van der Waals surface area contributed by atoms with Crippen molar-refractivity contribution in [3.63, 3.8) is 0 Å². The molecule has 0 aliphatic heterocycles. The molecule has 3 nitrogen and oxygen atoms in total. The molecule has 0 aliphatic rings. The zero-order valence-corrected chi connectivity index (χ0v) is 8.62. The second-order valence-corrected chi connectivity index (χ2v) is 3.77. The topological polar surface area (TPSA) is 31.9 Å². The van der Waals surface area contributed by atoms with Gasteiger partial charge in [-0.25, -0.2) is 4.98 Å². The Bertz CT molecular complexity index is 417. The highest BCUT2D eigenvalue weighted by atomic mass is 15.0. The van der Waals surface area contributed by atoms with Gasteiger partial charge in [0, 0.05) is 24.3 Å². The van der Waals surface area contributed by atoms with Crippen LogP contribution in [0, 0.1) is 0 Å². The predicted molar refractivity (Wildman–Crippen MR) is 58.4 cm³/mol. The van der Waals surface area contributed by atoms with Gasteiger partial charge in [-0.05, 0) is 38.2 Å². The maximum absolute atomic E-state index is 4.26. The van der Waals surface area contributed by atoms with E-state index >= 15 is 0 Å². The fourth-order valence-corrected chi connectivity index (χ4v) is 1.56. The number of aromatic amines is 1. The summed E-state index contributed by atoms with van der Waals surface area (Å²) in [5.41, 5.74) is 2.34. The van der Waals surface area contributed by atoms with Crippen LogP contribution in [0.25, 0.3) is 11.0 Å². The number of hydrogen-bond acceptors (Lipinski definition) is 2. The van der Waals surface area contributed by atoms with E-state index in [9.17, 15) is 0 Å². The summed E-state index contributed by atoms with van der Waals surface area (Å²) in [6.07, 6.45) is 4.94. The number of pyridine rings is 1. The molecule has 0 saturated heterocycles. The van der Waals surface area contributed by atoms with E-state index in [4.69, 9.17) is 0 Å². The maximum atomic E-state index is 4.26. The Morgan fingerprint density at radius 2 is 2.29 bits per heavy atom. The average molecular weight is 189 g/mol. The first kappa shape index (κ1) is 9.21. The third-order valence-corrected chi connectivity index (χ3v) is 2.37. The van der Waals surface area contributed by atoms with E-state index in [1.807, 2.05) is 12.3 Å². The van der Waals surface area contributed by atoms with Crippen molar-refractivity contribution in [1.29, 1.82) is 0 Å². The van der Waals surface area contributed by atoms with Crippen LogP contribution in [0.3, 0.4) is 0 Å². The molecule has 2 rings (SSSR count). The lowest BCUT2D eigenvalue weighted by molar-refractivity contribution is 0.414. The zero-order chi connectivity index (χ0) is 9.97. The van der Waals surface area contributed by atoms with Crippen LogP contribution in [0.1, 0.15) is 5.56 Å². The third-order valence-electron chi connectivity index (χ3n) is 2.37. The van der Waals surface area contributed by atoms with Gasteiger partial charge >= 0.3 is 0 Å². The lowest BCUT2D eigenvalue weighted by Gasteiger charge is -2.07. The van der Waals surface area contributed by atoms with Crippen LogP contribution in [0.5, 0.6) is 0 Å². The molecule has 2 aromatic rings. The zero-order valence-electron chi connectivity index (χ0n) is 8.62.